The first-order valence-electron chi connectivity index (χ1n) is 9.72. The summed E-state index contributed by atoms with van der Waals surface area (Å²) in [5.74, 6) is -1.67. The first kappa shape index (κ1) is 18.3. The SMILES string of the molecule is Cc1cc(Oc2ccc(F)cc2F)cc(C)c1C1=C(O)[C@H]2[C@@H](C1=O)[C@H]1CC[C@@H]2O1. The molecule has 2 aromatic rings. The molecule has 0 spiro atoms. The van der Waals surface area contributed by atoms with Gasteiger partial charge in [-0.25, -0.2) is 8.78 Å². The Labute approximate surface area is 166 Å². The highest BCUT2D eigenvalue weighted by atomic mass is 19.1. The van der Waals surface area contributed by atoms with Gasteiger partial charge in [0.15, 0.2) is 17.3 Å². The number of Topliss-reactive ketones (excluding diaryl/α,β-unsaturated/α-hetero) is 1. The van der Waals surface area contributed by atoms with E-state index in [9.17, 15) is 18.7 Å². The number of benzene rings is 2. The molecule has 6 heteroatoms. The molecule has 0 saturated carbocycles. The van der Waals surface area contributed by atoms with E-state index in [2.05, 4.69) is 0 Å². The summed E-state index contributed by atoms with van der Waals surface area (Å²) in [6.07, 6.45) is 1.52. The van der Waals surface area contributed by atoms with E-state index >= 15 is 0 Å². The molecule has 2 bridgehead atoms. The first-order valence-corrected chi connectivity index (χ1v) is 9.72. The Bertz CT molecular complexity index is 1050. The molecule has 5 rings (SSSR count). The fourth-order valence-electron chi connectivity index (χ4n) is 5.13. The number of fused-ring (bicyclic) bond motifs is 5. The van der Waals surface area contributed by atoms with Crippen molar-refractivity contribution in [3.05, 3.63) is 64.4 Å². The van der Waals surface area contributed by atoms with Crippen LogP contribution in [0.4, 0.5) is 8.78 Å². The number of rotatable bonds is 3. The number of ketones is 1. The molecule has 29 heavy (non-hydrogen) atoms. The van der Waals surface area contributed by atoms with Gasteiger partial charge in [-0.2, -0.15) is 0 Å². The molecule has 2 fully saturated rings. The molecule has 1 aliphatic carbocycles. The average molecular weight is 398 g/mol. The monoisotopic (exact) mass is 398 g/mol. The Balaban J connectivity index is 1.51. The molecule has 150 valence electrons. The number of aliphatic hydroxyl groups is 1. The van der Waals surface area contributed by atoms with Gasteiger partial charge in [0.2, 0.25) is 0 Å². The van der Waals surface area contributed by atoms with Crippen LogP contribution in [-0.2, 0) is 9.53 Å². The van der Waals surface area contributed by atoms with Crippen molar-refractivity contribution in [2.75, 3.05) is 0 Å². The normalized spacial score (nSPS) is 27.7. The fourth-order valence-corrected chi connectivity index (χ4v) is 5.13. The molecular weight excluding hydrogens is 378 g/mol. The van der Waals surface area contributed by atoms with E-state index < -0.39 is 11.6 Å². The van der Waals surface area contributed by atoms with Crippen LogP contribution in [0.5, 0.6) is 11.5 Å². The van der Waals surface area contributed by atoms with Crippen LogP contribution in [0.25, 0.3) is 5.57 Å². The molecule has 3 aliphatic rings. The highest BCUT2D eigenvalue weighted by Gasteiger charge is 2.59. The summed E-state index contributed by atoms with van der Waals surface area (Å²) in [4.78, 5) is 13.1. The van der Waals surface area contributed by atoms with Crippen LogP contribution in [0, 0.1) is 37.3 Å². The topological polar surface area (TPSA) is 55.8 Å². The van der Waals surface area contributed by atoms with Gasteiger partial charge in [-0.3, -0.25) is 4.79 Å². The lowest BCUT2D eigenvalue weighted by molar-refractivity contribution is -0.118. The third-order valence-electron chi connectivity index (χ3n) is 6.27. The van der Waals surface area contributed by atoms with Crippen molar-refractivity contribution < 1.29 is 28.2 Å². The number of ether oxygens (including phenoxy) is 2. The number of carbonyl (C=O) groups excluding carboxylic acids is 1. The summed E-state index contributed by atoms with van der Waals surface area (Å²) < 4.78 is 38.4. The van der Waals surface area contributed by atoms with E-state index in [4.69, 9.17) is 9.47 Å². The average Bonchev–Trinajstić information content (AvgIpc) is 3.33. The maximum Gasteiger partial charge on any atom is 0.173 e. The van der Waals surface area contributed by atoms with Gasteiger partial charge in [-0.05, 0) is 67.6 Å². The van der Waals surface area contributed by atoms with Gasteiger partial charge in [-0.1, -0.05) is 0 Å². The zero-order valence-electron chi connectivity index (χ0n) is 16.0. The highest BCUT2D eigenvalue weighted by Crippen LogP contribution is 2.54. The summed E-state index contributed by atoms with van der Waals surface area (Å²) in [6, 6.07) is 6.51. The Kier molecular flexibility index (Phi) is 4.03. The molecule has 1 N–H and O–H groups in total. The summed E-state index contributed by atoms with van der Waals surface area (Å²) >= 11 is 0. The minimum atomic E-state index is -0.793. The van der Waals surface area contributed by atoms with Gasteiger partial charge < -0.3 is 14.6 Å². The first-order chi connectivity index (χ1) is 13.8. The molecule has 0 radical (unpaired) electrons. The van der Waals surface area contributed by atoms with Gasteiger partial charge in [0, 0.05) is 6.07 Å². The molecule has 2 aliphatic heterocycles. The largest absolute Gasteiger partial charge is 0.511 e. The van der Waals surface area contributed by atoms with E-state index in [0.717, 1.165) is 36.1 Å². The van der Waals surface area contributed by atoms with Crippen LogP contribution in [-0.4, -0.2) is 23.1 Å². The lowest BCUT2D eigenvalue weighted by Crippen LogP contribution is -2.29. The van der Waals surface area contributed by atoms with E-state index in [1.54, 1.807) is 12.1 Å². The van der Waals surface area contributed by atoms with Crippen molar-refractivity contribution >= 4 is 11.4 Å². The smallest absolute Gasteiger partial charge is 0.173 e. The molecule has 2 saturated heterocycles. The lowest BCUT2D eigenvalue weighted by atomic mass is 9.80. The number of aryl methyl sites for hydroxylation is 2. The molecular formula is C23H20F2O4. The maximum atomic E-state index is 13.9. The van der Waals surface area contributed by atoms with Crippen LogP contribution < -0.4 is 4.74 Å². The quantitative estimate of drug-likeness (QED) is 0.789. The minimum absolute atomic E-state index is 0.0656. The minimum Gasteiger partial charge on any atom is -0.511 e. The van der Waals surface area contributed by atoms with Gasteiger partial charge >= 0.3 is 0 Å². The molecule has 4 atom stereocenters. The second kappa shape index (κ2) is 6.39. The van der Waals surface area contributed by atoms with Crippen molar-refractivity contribution in [1.29, 1.82) is 0 Å². The number of allylic oxidation sites excluding steroid dienone is 1. The second-order valence-electron chi connectivity index (χ2n) is 8.08. The van der Waals surface area contributed by atoms with Crippen LogP contribution >= 0.6 is 0 Å². The number of hydrogen-bond acceptors (Lipinski definition) is 4. The van der Waals surface area contributed by atoms with Crippen molar-refractivity contribution in [3.8, 4) is 11.5 Å². The fraction of sp³-hybridized carbons (Fsp3) is 0.348. The lowest BCUT2D eigenvalue weighted by Gasteiger charge is -2.19. The zero-order chi connectivity index (χ0) is 20.4. The standard InChI is InChI=1S/C23H20F2O4/c1-10-7-13(28-15-4-3-12(24)9-14(15)25)8-11(2)18(10)21-22(26)19-16-5-6-17(29-16)20(19)23(21)27/h3-4,7-9,16-17,19-20,26H,5-6H2,1-2H3/t16-,17+,19+,20-/m0/s1. The Morgan fingerprint density at radius 1 is 1.03 bits per heavy atom. The Morgan fingerprint density at radius 2 is 1.69 bits per heavy atom. The van der Waals surface area contributed by atoms with Crippen molar-refractivity contribution in [2.45, 2.75) is 38.9 Å². The van der Waals surface area contributed by atoms with E-state index in [1.807, 2.05) is 13.8 Å². The molecule has 0 aromatic heterocycles. The summed E-state index contributed by atoms with van der Waals surface area (Å²) in [6.45, 7) is 3.64. The van der Waals surface area contributed by atoms with Crippen LogP contribution in [0.3, 0.4) is 0 Å². The predicted molar refractivity (Wildman–Crippen MR) is 102 cm³/mol. The van der Waals surface area contributed by atoms with Crippen molar-refractivity contribution in [3.63, 3.8) is 0 Å². The predicted octanol–water partition coefficient (Wildman–Crippen LogP) is 5.02. The maximum absolute atomic E-state index is 13.9. The van der Waals surface area contributed by atoms with Gasteiger partial charge in [0.25, 0.3) is 0 Å². The summed E-state index contributed by atoms with van der Waals surface area (Å²) in [5.41, 5.74) is 2.54. The molecule has 2 aromatic carbocycles. The number of carbonyl (C=O) groups is 1. The Hall–Kier alpha value is -2.73. The van der Waals surface area contributed by atoms with E-state index in [0.29, 0.717) is 16.9 Å². The van der Waals surface area contributed by atoms with E-state index in [-0.39, 0.29) is 41.3 Å². The van der Waals surface area contributed by atoms with Gasteiger partial charge in [-0.15, -0.1) is 0 Å². The van der Waals surface area contributed by atoms with Crippen LogP contribution in [0.15, 0.2) is 36.1 Å². The number of aliphatic hydroxyl groups excluding tert-OH is 1. The van der Waals surface area contributed by atoms with Crippen molar-refractivity contribution in [1.82, 2.24) is 0 Å². The molecule has 4 nitrogen and oxygen atoms in total. The number of hydrogen-bond donors (Lipinski definition) is 1. The highest BCUT2D eigenvalue weighted by molar-refractivity contribution is 6.26. The summed E-state index contributed by atoms with van der Waals surface area (Å²) in [5, 5.41) is 10.9. The van der Waals surface area contributed by atoms with E-state index in [1.165, 1.54) is 6.07 Å². The van der Waals surface area contributed by atoms with Crippen LogP contribution in [0.1, 0.15) is 29.5 Å². The molecule has 0 amide bonds. The second-order valence-corrected chi connectivity index (χ2v) is 8.08. The molecule has 0 unspecified atom stereocenters. The van der Waals surface area contributed by atoms with Gasteiger partial charge in [0.1, 0.15) is 17.3 Å². The third-order valence-corrected chi connectivity index (χ3v) is 6.27. The zero-order valence-corrected chi connectivity index (χ0v) is 16.0. The third kappa shape index (κ3) is 2.69. The molecule has 2 heterocycles. The van der Waals surface area contributed by atoms with Gasteiger partial charge in [0.05, 0.1) is 29.6 Å². The Morgan fingerprint density at radius 3 is 2.31 bits per heavy atom. The number of halogens is 2. The van der Waals surface area contributed by atoms with Crippen LogP contribution in [0.2, 0.25) is 0 Å². The summed E-state index contributed by atoms with van der Waals surface area (Å²) in [7, 11) is 0. The van der Waals surface area contributed by atoms with Crippen molar-refractivity contribution in [2.24, 2.45) is 11.8 Å².